The van der Waals surface area contributed by atoms with Crippen molar-refractivity contribution < 1.29 is 26.3 Å². The number of halogens is 3. The molecule has 1 saturated heterocycles. The third-order valence-electron chi connectivity index (χ3n) is 3.51. The Balaban J connectivity index is 2.31. The predicted molar refractivity (Wildman–Crippen MR) is 74.9 cm³/mol. The quantitative estimate of drug-likeness (QED) is 0.883. The van der Waals surface area contributed by atoms with E-state index in [4.69, 9.17) is 9.88 Å². The molecule has 1 aliphatic heterocycles. The van der Waals surface area contributed by atoms with Crippen LogP contribution in [0.1, 0.15) is 25.3 Å². The summed E-state index contributed by atoms with van der Waals surface area (Å²) >= 11 is 0. The maximum Gasteiger partial charge on any atom is 0.417 e. The number of nitrogens with two attached hydrogens (primary N) is 1. The van der Waals surface area contributed by atoms with Gasteiger partial charge in [-0.25, -0.2) is 13.6 Å². The number of sulfonamides is 1. The summed E-state index contributed by atoms with van der Waals surface area (Å²) in [7, 11) is -4.45. The molecule has 1 fully saturated rings. The molecule has 0 bridgehead atoms. The molecule has 124 valence electrons. The third kappa shape index (κ3) is 3.90. The third-order valence-corrected chi connectivity index (χ3v) is 4.48. The number of primary sulfonamides is 1. The maximum atomic E-state index is 13.0. The highest BCUT2D eigenvalue weighted by atomic mass is 32.2. The van der Waals surface area contributed by atoms with Crippen LogP contribution in [0.15, 0.2) is 23.1 Å². The molecule has 3 N–H and O–H groups in total. The minimum Gasteiger partial charge on any atom is -0.380 e. The van der Waals surface area contributed by atoms with Crippen molar-refractivity contribution in [2.75, 3.05) is 11.9 Å². The van der Waals surface area contributed by atoms with Gasteiger partial charge in [0.2, 0.25) is 10.0 Å². The van der Waals surface area contributed by atoms with E-state index in [0.717, 1.165) is 25.0 Å². The van der Waals surface area contributed by atoms with Crippen LogP contribution in [0.5, 0.6) is 0 Å². The summed E-state index contributed by atoms with van der Waals surface area (Å²) < 4.78 is 67.1. The van der Waals surface area contributed by atoms with Crippen LogP contribution in [0.2, 0.25) is 0 Å². The highest BCUT2D eigenvalue weighted by Gasteiger charge is 2.37. The van der Waals surface area contributed by atoms with Crippen LogP contribution >= 0.6 is 0 Å². The van der Waals surface area contributed by atoms with Gasteiger partial charge in [-0.3, -0.25) is 0 Å². The van der Waals surface area contributed by atoms with Gasteiger partial charge in [0.1, 0.15) is 0 Å². The second-order valence-electron chi connectivity index (χ2n) is 5.24. The molecule has 0 aromatic heterocycles. The van der Waals surface area contributed by atoms with Crippen LogP contribution in [-0.4, -0.2) is 27.2 Å². The maximum absolute atomic E-state index is 13.0. The standard InChI is InChI=1S/C13H17F3N2O3S/c1-8(11-3-2-6-21-11)18-9-4-5-12(22(17,19)20)10(7-9)13(14,15)16/h4-5,7-8,11,18H,2-3,6H2,1H3,(H2,17,19,20)/t8-,11-/m1/s1. The first-order valence-electron chi connectivity index (χ1n) is 6.71. The normalized spacial score (nSPS) is 20.9. The topological polar surface area (TPSA) is 81.4 Å². The number of nitrogens with one attached hydrogen (secondary N) is 1. The van der Waals surface area contributed by atoms with Gasteiger partial charge in [0.25, 0.3) is 0 Å². The molecule has 0 unspecified atom stereocenters. The summed E-state index contributed by atoms with van der Waals surface area (Å²) in [5.74, 6) is 0. The fraction of sp³-hybridized carbons (Fsp3) is 0.538. The summed E-state index contributed by atoms with van der Waals surface area (Å²) in [6.45, 7) is 2.44. The number of alkyl halides is 3. The smallest absolute Gasteiger partial charge is 0.380 e. The lowest BCUT2D eigenvalue weighted by molar-refractivity contribution is -0.139. The molecule has 9 heteroatoms. The fourth-order valence-electron chi connectivity index (χ4n) is 2.44. The van der Waals surface area contributed by atoms with Crippen molar-refractivity contribution in [2.24, 2.45) is 5.14 Å². The van der Waals surface area contributed by atoms with Gasteiger partial charge in [0, 0.05) is 18.3 Å². The lowest BCUT2D eigenvalue weighted by atomic mass is 10.1. The van der Waals surface area contributed by atoms with Gasteiger partial charge in [0.05, 0.1) is 16.6 Å². The molecular formula is C13H17F3N2O3S. The van der Waals surface area contributed by atoms with E-state index in [9.17, 15) is 21.6 Å². The zero-order valence-corrected chi connectivity index (χ0v) is 12.7. The van der Waals surface area contributed by atoms with Crippen LogP contribution < -0.4 is 10.5 Å². The zero-order valence-electron chi connectivity index (χ0n) is 11.9. The van der Waals surface area contributed by atoms with Crippen molar-refractivity contribution in [3.8, 4) is 0 Å². The van der Waals surface area contributed by atoms with Gasteiger partial charge in [-0.15, -0.1) is 0 Å². The summed E-state index contributed by atoms with van der Waals surface area (Å²) in [5, 5.41) is 7.75. The largest absolute Gasteiger partial charge is 0.417 e. The highest BCUT2D eigenvalue weighted by Crippen LogP contribution is 2.35. The molecule has 0 amide bonds. The molecule has 0 radical (unpaired) electrons. The van der Waals surface area contributed by atoms with Crippen LogP contribution in [0, 0.1) is 0 Å². The van der Waals surface area contributed by atoms with E-state index in [1.54, 1.807) is 6.92 Å². The molecule has 1 aliphatic rings. The Bertz CT molecular complexity index is 640. The SMILES string of the molecule is C[C@@H](Nc1ccc(S(N)(=O)=O)c(C(F)(F)F)c1)[C@H]1CCCO1. The lowest BCUT2D eigenvalue weighted by Crippen LogP contribution is -2.30. The Labute approximate surface area is 126 Å². The van der Waals surface area contributed by atoms with Crippen molar-refractivity contribution in [1.82, 2.24) is 0 Å². The highest BCUT2D eigenvalue weighted by molar-refractivity contribution is 7.89. The van der Waals surface area contributed by atoms with E-state index in [0.29, 0.717) is 6.61 Å². The molecule has 0 saturated carbocycles. The van der Waals surface area contributed by atoms with Gasteiger partial charge in [-0.1, -0.05) is 0 Å². The average Bonchev–Trinajstić information content (AvgIpc) is 2.90. The van der Waals surface area contributed by atoms with Crippen molar-refractivity contribution >= 4 is 15.7 Å². The lowest BCUT2D eigenvalue weighted by Gasteiger charge is -2.22. The molecule has 2 rings (SSSR count). The Morgan fingerprint density at radius 1 is 1.41 bits per heavy atom. The first kappa shape index (κ1) is 17.0. The number of anilines is 1. The zero-order chi connectivity index (χ0) is 16.5. The number of hydrogen-bond donors (Lipinski definition) is 2. The van der Waals surface area contributed by atoms with E-state index in [-0.39, 0.29) is 17.8 Å². The minimum atomic E-state index is -4.81. The molecule has 1 heterocycles. The Morgan fingerprint density at radius 2 is 2.09 bits per heavy atom. The molecule has 2 atom stereocenters. The molecule has 0 aliphatic carbocycles. The van der Waals surface area contributed by atoms with E-state index in [1.165, 1.54) is 6.07 Å². The number of ether oxygens (including phenoxy) is 1. The number of rotatable bonds is 4. The molecule has 0 spiro atoms. The van der Waals surface area contributed by atoms with Gasteiger partial charge in [-0.05, 0) is 38.0 Å². The fourth-order valence-corrected chi connectivity index (χ4v) is 3.18. The van der Waals surface area contributed by atoms with Gasteiger partial charge < -0.3 is 10.1 Å². The number of benzene rings is 1. The first-order chi connectivity index (χ1) is 10.1. The molecule has 5 nitrogen and oxygen atoms in total. The monoisotopic (exact) mass is 338 g/mol. The van der Waals surface area contributed by atoms with Gasteiger partial charge >= 0.3 is 6.18 Å². The van der Waals surface area contributed by atoms with E-state index < -0.39 is 26.7 Å². The summed E-state index contributed by atoms with van der Waals surface area (Å²) in [6.07, 6.45) is -3.15. The van der Waals surface area contributed by atoms with Crippen molar-refractivity contribution in [3.63, 3.8) is 0 Å². The Morgan fingerprint density at radius 3 is 2.59 bits per heavy atom. The van der Waals surface area contributed by atoms with Crippen LogP contribution in [-0.2, 0) is 20.9 Å². The minimum absolute atomic E-state index is 0.0766. The molecule has 1 aromatic carbocycles. The second-order valence-corrected chi connectivity index (χ2v) is 6.77. The Hall–Kier alpha value is -1.32. The summed E-state index contributed by atoms with van der Waals surface area (Å²) in [6, 6.07) is 2.69. The number of hydrogen-bond acceptors (Lipinski definition) is 4. The van der Waals surface area contributed by atoms with Crippen LogP contribution in [0.4, 0.5) is 18.9 Å². The van der Waals surface area contributed by atoms with E-state index in [2.05, 4.69) is 5.32 Å². The van der Waals surface area contributed by atoms with Crippen molar-refractivity contribution in [2.45, 2.75) is 43.0 Å². The van der Waals surface area contributed by atoms with Crippen molar-refractivity contribution in [1.29, 1.82) is 0 Å². The van der Waals surface area contributed by atoms with Crippen LogP contribution in [0.25, 0.3) is 0 Å². The molecular weight excluding hydrogens is 321 g/mol. The average molecular weight is 338 g/mol. The predicted octanol–water partition coefficient (Wildman–Crippen LogP) is 2.33. The Kier molecular flexibility index (Phi) is 4.69. The van der Waals surface area contributed by atoms with E-state index >= 15 is 0 Å². The van der Waals surface area contributed by atoms with E-state index in [1.807, 2.05) is 0 Å². The summed E-state index contributed by atoms with van der Waals surface area (Å²) in [5.41, 5.74) is -1.11. The first-order valence-corrected chi connectivity index (χ1v) is 8.26. The molecule has 22 heavy (non-hydrogen) atoms. The summed E-state index contributed by atoms with van der Waals surface area (Å²) in [4.78, 5) is -0.935. The van der Waals surface area contributed by atoms with Crippen molar-refractivity contribution in [3.05, 3.63) is 23.8 Å². The van der Waals surface area contributed by atoms with Gasteiger partial charge in [0.15, 0.2) is 0 Å². The van der Waals surface area contributed by atoms with Gasteiger partial charge in [-0.2, -0.15) is 13.2 Å². The second kappa shape index (κ2) is 6.05. The molecule has 1 aromatic rings. The van der Waals surface area contributed by atoms with Crippen LogP contribution in [0.3, 0.4) is 0 Å².